The lowest BCUT2D eigenvalue weighted by molar-refractivity contribution is 0.0712. The SMILES string of the molecule is COc1ncccc1C(=O)N1CCC2(CC(Nc3ccncn3)C2)C1. The fraction of sp³-hybridized carbons (Fsp3) is 0.444. The Balaban J connectivity index is 1.37. The first-order valence-corrected chi connectivity index (χ1v) is 8.50. The number of ether oxygens (including phenoxy) is 1. The standard InChI is InChI=1S/C18H21N5O2/c1-25-16-14(3-2-6-20-16)17(24)23-8-5-18(11-23)9-13(10-18)22-15-4-7-19-12-21-15/h2-4,6-7,12-13H,5,8-11H2,1H3,(H,19,21,22). The van der Waals surface area contributed by atoms with E-state index in [4.69, 9.17) is 4.74 Å². The third-order valence-corrected chi connectivity index (χ3v) is 5.21. The lowest BCUT2D eigenvalue weighted by atomic mass is 9.65. The first kappa shape index (κ1) is 15.8. The van der Waals surface area contributed by atoms with Gasteiger partial charge in [-0.25, -0.2) is 15.0 Å². The van der Waals surface area contributed by atoms with Crippen LogP contribution in [0, 0.1) is 5.41 Å². The molecule has 0 atom stereocenters. The number of pyridine rings is 1. The van der Waals surface area contributed by atoms with Crippen molar-refractivity contribution in [2.45, 2.75) is 25.3 Å². The highest BCUT2D eigenvalue weighted by Gasteiger charge is 2.49. The highest BCUT2D eigenvalue weighted by molar-refractivity contribution is 5.96. The number of rotatable bonds is 4. The molecule has 1 aliphatic carbocycles. The molecule has 1 N–H and O–H groups in total. The quantitative estimate of drug-likeness (QED) is 0.917. The highest BCUT2D eigenvalue weighted by atomic mass is 16.5. The zero-order valence-electron chi connectivity index (χ0n) is 14.2. The molecule has 2 aromatic rings. The molecule has 1 saturated heterocycles. The predicted octanol–water partition coefficient (Wildman–Crippen LogP) is 1.99. The first-order valence-electron chi connectivity index (χ1n) is 8.50. The largest absolute Gasteiger partial charge is 0.480 e. The van der Waals surface area contributed by atoms with Crippen LogP contribution in [0.1, 0.15) is 29.6 Å². The van der Waals surface area contributed by atoms with Gasteiger partial charge in [0.25, 0.3) is 5.91 Å². The molecule has 0 unspecified atom stereocenters. The molecule has 7 nitrogen and oxygen atoms in total. The molecule has 2 aromatic heterocycles. The van der Waals surface area contributed by atoms with Gasteiger partial charge >= 0.3 is 0 Å². The Labute approximate surface area is 146 Å². The molecule has 1 amide bonds. The number of nitrogens with one attached hydrogen (secondary N) is 1. The van der Waals surface area contributed by atoms with Crippen LogP contribution in [-0.4, -0.2) is 52.0 Å². The molecule has 7 heteroatoms. The molecule has 25 heavy (non-hydrogen) atoms. The molecule has 4 rings (SSSR count). The topological polar surface area (TPSA) is 80.2 Å². The summed E-state index contributed by atoms with van der Waals surface area (Å²) in [5, 5.41) is 3.44. The Kier molecular flexibility index (Phi) is 3.99. The molecule has 1 spiro atoms. The van der Waals surface area contributed by atoms with Gasteiger partial charge < -0.3 is 15.0 Å². The molecule has 0 bridgehead atoms. The number of aromatic nitrogens is 3. The van der Waals surface area contributed by atoms with Gasteiger partial charge in [0.1, 0.15) is 17.7 Å². The summed E-state index contributed by atoms with van der Waals surface area (Å²) in [5.74, 6) is 1.26. The molecular formula is C18H21N5O2. The van der Waals surface area contributed by atoms with E-state index in [0.29, 0.717) is 17.5 Å². The number of methoxy groups -OCH3 is 1. The average molecular weight is 339 g/mol. The van der Waals surface area contributed by atoms with Gasteiger partial charge in [0, 0.05) is 31.5 Å². The van der Waals surface area contributed by atoms with Crippen molar-refractivity contribution in [3.63, 3.8) is 0 Å². The maximum Gasteiger partial charge on any atom is 0.259 e. The van der Waals surface area contributed by atoms with Gasteiger partial charge in [-0.05, 0) is 42.9 Å². The highest BCUT2D eigenvalue weighted by Crippen LogP contribution is 2.49. The molecule has 2 fully saturated rings. The van der Waals surface area contributed by atoms with Gasteiger partial charge in [0.05, 0.1) is 7.11 Å². The number of amides is 1. The molecule has 2 aliphatic rings. The summed E-state index contributed by atoms with van der Waals surface area (Å²) >= 11 is 0. The summed E-state index contributed by atoms with van der Waals surface area (Å²) < 4.78 is 5.22. The van der Waals surface area contributed by atoms with Gasteiger partial charge in [-0.1, -0.05) is 0 Å². The van der Waals surface area contributed by atoms with Crippen LogP contribution >= 0.6 is 0 Å². The van der Waals surface area contributed by atoms with Crippen molar-refractivity contribution in [1.82, 2.24) is 19.9 Å². The van der Waals surface area contributed by atoms with Crippen molar-refractivity contribution in [1.29, 1.82) is 0 Å². The minimum atomic E-state index is 0.00837. The smallest absolute Gasteiger partial charge is 0.259 e. The molecule has 1 saturated carbocycles. The second-order valence-electron chi connectivity index (χ2n) is 6.88. The van der Waals surface area contributed by atoms with E-state index in [-0.39, 0.29) is 11.3 Å². The van der Waals surface area contributed by atoms with Gasteiger partial charge in [0.15, 0.2) is 0 Å². The molecule has 3 heterocycles. The molecule has 1 aliphatic heterocycles. The van der Waals surface area contributed by atoms with Crippen molar-refractivity contribution in [3.8, 4) is 5.88 Å². The number of hydrogen-bond donors (Lipinski definition) is 1. The van der Waals surface area contributed by atoms with E-state index in [2.05, 4.69) is 20.3 Å². The zero-order chi connectivity index (χ0) is 17.3. The Morgan fingerprint density at radius 1 is 1.32 bits per heavy atom. The number of carbonyl (C=O) groups excluding carboxylic acids is 1. The van der Waals surface area contributed by atoms with E-state index < -0.39 is 0 Å². The molecule has 0 radical (unpaired) electrons. The fourth-order valence-electron chi connectivity index (χ4n) is 4.00. The van der Waals surface area contributed by atoms with E-state index in [1.165, 1.54) is 0 Å². The summed E-state index contributed by atoms with van der Waals surface area (Å²) in [6.07, 6.45) is 8.09. The van der Waals surface area contributed by atoms with Crippen molar-refractivity contribution < 1.29 is 9.53 Å². The second-order valence-corrected chi connectivity index (χ2v) is 6.88. The molecule has 0 aromatic carbocycles. The van der Waals surface area contributed by atoms with Crippen LogP contribution in [0.15, 0.2) is 36.9 Å². The molecule has 130 valence electrons. The maximum atomic E-state index is 12.8. The lowest BCUT2D eigenvalue weighted by Crippen LogP contribution is -2.47. The van der Waals surface area contributed by atoms with E-state index in [1.807, 2.05) is 11.0 Å². The minimum absolute atomic E-state index is 0.00837. The van der Waals surface area contributed by atoms with Crippen molar-refractivity contribution >= 4 is 11.7 Å². The Morgan fingerprint density at radius 2 is 2.20 bits per heavy atom. The van der Waals surface area contributed by atoms with Crippen molar-refractivity contribution in [2.24, 2.45) is 5.41 Å². The molecular weight excluding hydrogens is 318 g/mol. The van der Waals surface area contributed by atoms with Crippen LogP contribution < -0.4 is 10.1 Å². The second kappa shape index (κ2) is 6.31. The minimum Gasteiger partial charge on any atom is -0.480 e. The van der Waals surface area contributed by atoms with E-state index in [0.717, 1.165) is 38.2 Å². The van der Waals surface area contributed by atoms with Gasteiger partial charge in [-0.3, -0.25) is 4.79 Å². The van der Waals surface area contributed by atoms with E-state index in [9.17, 15) is 4.79 Å². The van der Waals surface area contributed by atoms with Crippen LogP contribution in [0.3, 0.4) is 0 Å². The van der Waals surface area contributed by atoms with Crippen LogP contribution in [0.2, 0.25) is 0 Å². The first-order chi connectivity index (χ1) is 12.2. The van der Waals surface area contributed by atoms with Crippen molar-refractivity contribution in [2.75, 3.05) is 25.5 Å². The normalized spacial score (nSPS) is 24.8. The summed E-state index contributed by atoms with van der Waals surface area (Å²) in [5.41, 5.74) is 0.771. The average Bonchev–Trinajstić information content (AvgIpc) is 3.07. The van der Waals surface area contributed by atoms with Gasteiger partial charge in [-0.15, -0.1) is 0 Å². The van der Waals surface area contributed by atoms with Gasteiger partial charge in [-0.2, -0.15) is 0 Å². The monoisotopic (exact) mass is 339 g/mol. The summed E-state index contributed by atoms with van der Waals surface area (Å²) in [6.45, 7) is 1.59. The number of carbonyl (C=O) groups is 1. The van der Waals surface area contributed by atoms with Gasteiger partial charge in [0.2, 0.25) is 5.88 Å². The lowest BCUT2D eigenvalue weighted by Gasteiger charge is -2.45. The third kappa shape index (κ3) is 3.01. The fourth-order valence-corrected chi connectivity index (χ4v) is 4.00. The van der Waals surface area contributed by atoms with E-state index in [1.54, 1.807) is 38.0 Å². The van der Waals surface area contributed by atoms with Crippen LogP contribution in [-0.2, 0) is 0 Å². The zero-order valence-corrected chi connectivity index (χ0v) is 14.2. The summed E-state index contributed by atoms with van der Waals surface area (Å²) in [7, 11) is 1.54. The predicted molar refractivity (Wildman–Crippen MR) is 92.4 cm³/mol. The third-order valence-electron chi connectivity index (χ3n) is 5.21. The number of anilines is 1. The summed E-state index contributed by atoms with van der Waals surface area (Å²) in [4.78, 5) is 27.0. The van der Waals surface area contributed by atoms with Crippen molar-refractivity contribution in [3.05, 3.63) is 42.5 Å². The number of hydrogen-bond acceptors (Lipinski definition) is 6. The van der Waals surface area contributed by atoms with Crippen LogP contribution in [0.25, 0.3) is 0 Å². The van der Waals surface area contributed by atoms with Crippen LogP contribution in [0.4, 0.5) is 5.82 Å². The number of nitrogens with zero attached hydrogens (tertiary/aromatic N) is 4. The van der Waals surface area contributed by atoms with Crippen LogP contribution in [0.5, 0.6) is 5.88 Å². The summed E-state index contributed by atoms with van der Waals surface area (Å²) in [6, 6.07) is 5.84. The maximum absolute atomic E-state index is 12.8. The number of likely N-dealkylation sites (tertiary alicyclic amines) is 1. The Bertz CT molecular complexity index is 761. The Hall–Kier alpha value is -2.70. The Morgan fingerprint density at radius 3 is 2.96 bits per heavy atom. The van der Waals surface area contributed by atoms with E-state index >= 15 is 0 Å².